The van der Waals surface area contributed by atoms with Crippen molar-refractivity contribution >= 4 is 23.5 Å². The molecule has 0 unspecified atom stereocenters. The van der Waals surface area contributed by atoms with Gasteiger partial charge in [0.25, 0.3) is 0 Å². The molecule has 0 aliphatic carbocycles. The van der Waals surface area contributed by atoms with Gasteiger partial charge in [-0.2, -0.15) is 4.98 Å². The molecule has 3 rings (SSSR count). The summed E-state index contributed by atoms with van der Waals surface area (Å²) >= 11 is 0. The minimum Gasteiger partial charge on any atom is -0.493 e. The number of rotatable bonds is 5. The van der Waals surface area contributed by atoms with E-state index in [-0.39, 0.29) is 29.7 Å². The molecule has 9 heteroatoms. The molecule has 1 aromatic heterocycles. The standard InChI is InChI=1S/C17H16N4O5/c22-13(9-21-7-1-2-14(21)23)19-11-5-3-10(4-6-11)15-18-8-12(17(25)26)16(24)20-15/h3-6,8H,1-2,7,9H2,(H,19,22)(H,25,26)(H,18,20,24). The first kappa shape index (κ1) is 17.3. The van der Waals surface area contributed by atoms with Gasteiger partial charge >= 0.3 is 5.97 Å². The third kappa shape index (κ3) is 3.77. The van der Waals surface area contributed by atoms with E-state index >= 15 is 0 Å². The Morgan fingerprint density at radius 3 is 2.54 bits per heavy atom. The van der Waals surface area contributed by atoms with Crippen LogP contribution in [0.1, 0.15) is 23.2 Å². The van der Waals surface area contributed by atoms with Crippen molar-refractivity contribution in [1.82, 2.24) is 14.9 Å². The average Bonchev–Trinajstić information content (AvgIpc) is 3.00. The highest BCUT2D eigenvalue weighted by molar-refractivity contribution is 5.95. The Morgan fingerprint density at radius 1 is 1.23 bits per heavy atom. The van der Waals surface area contributed by atoms with E-state index < -0.39 is 11.8 Å². The lowest BCUT2D eigenvalue weighted by Gasteiger charge is -2.15. The van der Waals surface area contributed by atoms with Crippen molar-refractivity contribution in [3.63, 3.8) is 0 Å². The summed E-state index contributed by atoms with van der Waals surface area (Å²) in [5.41, 5.74) is 0.704. The summed E-state index contributed by atoms with van der Waals surface area (Å²) < 4.78 is 0. The molecular formula is C17H16N4O5. The quantitative estimate of drug-likeness (QED) is 0.731. The van der Waals surface area contributed by atoms with Crippen molar-refractivity contribution in [1.29, 1.82) is 0 Å². The second-order valence-corrected chi connectivity index (χ2v) is 5.78. The first-order valence-corrected chi connectivity index (χ1v) is 7.91. The van der Waals surface area contributed by atoms with Gasteiger partial charge < -0.3 is 20.4 Å². The normalized spacial score (nSPS) is 13.7. The topological polar surface area (TPSA) is 133 Å². The van der Waals surface area contributed by atoms with Crippen molar-refractivity contribution in [2.45, 2.75) is 12.8 Å². The first-order chi connectivity index (χ1) is 12.4. The van der Waals surface area contributed by atoms with Gasteiger partial charge in [-0.3, -0.25) is 9.59 Å². The fourth-order valence-corrected chi connectivity index (χ4v) is 2.61. The van der Waals surface area contributed by atoms with Crippen molar-refractivity contribution in [2.75, 3.05) is 18.4 Å². The molecule has 0 radical (unpaired) electrons. The van der Waals surface area contributed by atoms with Crippen LogP contribution in [0.3, 0.4) is 0 Å². The summed E-state index contributed by atoms with van der Waals surface area (Å²) in [7, 11) is 0. The lowest BCUT2D eigenvalue weighted by atomic mass is 10.2. The Morgan fingerprint density at radius 2 is 1.96 bits per heavy atom. The minimum absolute atomic E-state index is 0.0164. The van der Waals surface area contributed by atoms with E-state index in [4.69, 9.17) is 5.11 Å². The molecule has 0 spiro atoms. The SMILES string of the molecule is O=C(CN1CCCC1=O)Nc1ccc(-c2ncc(C(=O)O)c(O)n2)cc1. The third-order valence-electron chi connectivity index (χ3n) is 3.93. The molecule has 2 amide bonds. The number of hydrogen-bond acceptors (Lipinski definition) is 6. The molecular weight excluding hydrogens is 340 g/mol. The van der Waals surface area contributed by atoms with E-state index in [9.17, 15) is 19.5 Å². The van der Waals surface area contributed by atoms with Gasteiger partial charge in [0.2, 0.25) is 17.7 Å². The molecule has 2 aromatic rings. The van der Waals surface area contributed by atoms with E-state index in [1.54, 1.807) is 24.3 Å². The van der Waals surface area contributed by atoms with Crippen LogP contribution in [0, 0.1) is 0 Å². The number of amides is 2. The summed E-state index contributed by atoms with van der Waals surface area (Å²) in [4.78, 5) is 43.6. The molecule has 3 N–H and O–H groups in total. The Balaban J connectivity index is 1.66. The highest BCUT2D eigenvalue weighted by Crippen LogP contribution is 2.21. The maximum atomic E-state index is 12.0. The Hall–Kier alpha value is -3.49. The lowest BCUT2D eigenvalue weighted by molar-refractivity contribution is -0.131. The number of nitrogens with one attached hydrogen (secondary N) is 1. The zero-order valence-electron chi connectivity index (χ0n) is 13.7. The second-order valence-electron chi connectivity index (χ2n) is 5.78. The fourth-order valence-electron chi connectivity index (χ4n) is 2.61. The van der Waals surface area contributed by atoms with Crippen LogP contribution in [0.4, 0.5) is 5.69 Å². The van der Waals surface area contributed by atoms with Crippen molar-refractivity contribution in [3.8, 4) is 17.3 Å². The number of aromatic nitrogens is 2. The van der Waals surface area contributed by atoms with Crippen LogP contribution >= 0.6 is 0 Å². The number of anilines is 1. The smallest absolute Gasteiger partial charge is 0.342 e. The zero-order chi connectivity index (χ0) is 18.7. The number of likely N-dealkylation sites (tertiary alicyclic amines) is 1. The number of aromatic carboxylic acids is 1. The third-order valence-corrected chi connectivity index (χ3v) is 3.93. The van der Waals surface area contributed by atoms with Gasteiger partial charge in [0, 0.05) is 30.4 Å². The average molecular weight is 356 g/mol. The van der Waals surface area contributed by atoms with Crippen LogP contribution < -0.4 is 5.32 Å². The number of aromatic hydroxyl groups is 1. The lowest BCUT2D eigenvalue weighted by Crippen LogP contribution is -2.33. The highest BCUT2D eigenvalue weighted by atomic mass is 16.4. The second kappa shape index (κ2) is 7.18. The van der Waals surface area contributed by atoms with Gasteiger partial charge in [0.05, 0.1) is 6.54 Å². The molecule has 1 aliphatic heterocycles. The highest BCUT2D eigenvalue weighted by Gasteiger charge is 2.22. The van der Waals surface area contributed by atoms with E-state index in [0.29, 0.717) is 24.2 Å². The van der Waals surface area contributed by atoms with Gasteiger partial charge in [0.15, 0.2) is 5.82 Å². The van der Waals surface area contributed by atoms with Crippen LogP contribution in [0.2, 0.25) is 0 Å². The number of carbonyl (C=O) groups excluding carboxylic acids is 2. The van der Waals surface area contributed by atoms with E-state index in [0.717, 1.165) is 12.6 Å². The molecule has 26 heavy (non-hydrogen) atoms. The summed E-state index contributed by atoms with van der Waals surface area (Å²) in [5.74, 6) is -2.07. The number of carboxylic acids is 1. The maximum absolute atomic E-state index is 12.0. The number of carboxylic acid groups (broad SMARTS) is 1. The van der Waals surface area contributed by atoms with Gasteiger partial charge in [-0.25, -0.2) is 9.78 Å². The number of hydrogen-bond donors (Lipinski definition) is 3. The molecule has 1 fully saturated rings. The van der Waals surface area contributed by atoms with E-state index in [1.807, 2.05) is 0 Å². The number of carbonyl (C=O) groups is 3. The van der Waals surface area contributed by atoms with E-state index in [1.165, 1.54) is 4.90 Å². The largest absolute Gasteiger partial charge is 0.493 e. The zero-order valence-corrected chi connectivity index (χ0v) is 13.7. The van der Waals surface area contributed by atoms with Gasteiger partial charge in [-0.1, -0.05) is 0 Å². The van der Waals surface area contributed by atoms with Gasteiger partial charge in [0.1, 0.15) is 5.56 Å². The Labute approximate surface area is 148 Å². The fraction of sp³-hybridized carbons (Fsp3) is 0.235. The van der Waals surface area contributed by atoms with Crippen LogP contribution in [-0.4, -0.2) is 56.0 Å². The molecule has 1 aliphatic rings. The number of nitrogens with zero attached hydrogens (tertiary/aromatic N) is 3. The molecule has 2 heterocycles. The predicted octanol–water partition coefficient (Wildman–Crippen LogP) is 1.11. The van der Waals surface area contributed by atoms with Crippen LogP contribution in [0.25, 0.3) is 11.4 Å². The minimum atomic E-state index is -1.32. The monoisotopic (exact) mass is 356 g/mol. The maximum Gasteiger partial charge on any atom is 0.342 e. The molecule has 9 nitrogen and oxygen atoms in total. The number of benzene rings is 1. The van der Waals surface area contributed by atoms with Crippen LogP contribution in [-0.2, 0) is 9.59 Å². The summed E-state index contributed by atoms with van der Waals surface area (Å²) in [6, 6.07) is 6.52. The van der Waals surface area contributed by atoms with E-state index in [2.05, 4.69) is 15.3 Å². The molecule has 1 saturated heterocycles. The van der Waals surface area contributed by atoms with Crippen LogP contribution in [0.15, 0.2) is 30.5 Å². The summed E-state index contributed by atoms with van der Waals surface area (Å²) in [5, 5.41) is 21.2. The molecule has 0 atom stereocenters. The molecule has 0 saturated carbocycles. The van der Waals surface area contributed by atoms with Crippen molar-refractivity contribution < 1.29 is 24.6 Å². The first-order valence-electron chi connectivity index (χ1n) is 7.91. The Kier molecular flexibility index (Phi) is 4.78. The van der Waals surface area contributed by atoms with Crippen molar-refractivity contribution in [3.05, 3.63) is 36.0 Å². The Bertz CT molecular complexity index is 866. The van der Waals surface area contributed by atoms with Crippen molar-refractivity contribution in [2.24, 2.45) is 0 Å². The van der Waals surface area contributed by atoms with Gasteiger partial charge in [-0.15, -0.1) is 0 Å². The summed E-state index contributed by atoms with van der Waals surface area (Å²) in [6.45, 7) is 0.618. The summed E-state index contributed by atoms with van der Waals surface area (Å²) in [6.07, 6.45) is 2.28. The van der Waals surface area contributed by atoms with Gasteiger partial charge in [-0.05, 0) is 30.7 Å². The molecule has 0 bridgehead atoms. The predicted molar refractivity (Wildman–Crippen MR) is 90.5 cm³/mol. The molecule has 1 aromatic carbocycles. The van der Waals surface area contributed by atoms with Crippen LogP contribution in [0.5, 0.6) is 5.88 Å². The molecule has 134 valence electrons.